The third-order valence-corrected chi connectivity index (χ3v) is 2.31. The largest absolute Gasteiger partial charge is 0.358 e. The normalized spacial score (nSPS) is 10.0. The first-order valence-corrected chi connectivity index (χ1v) is 5.18. The molecule has 1 amide bonds. The Bertz CT molecular complexity index is 565. The van der Waals surface area contributed by atoms with Crippen LogP contribution in [-0.4, -0.2) is 20.8 Å². The number of amides is 1. The lowest BCUT2D eigenvalue weighted by Crippen LogP contribution is -2.23. The van der Waals surface area contributed by atoms with Gasteiger partial charge in [0, 0.05) is 6.54 Å². The van der Waals surface area contributed by atoms with Crippen molar-refractivity contribution in [1.82, 2.24) is 15.3 Å². The number of H-pyrrole nitrogens is 1. The van der Waals surface area contributed by atoms with Gasteiger partial charge in [-0.1, -0.05) is 30.3 Å². The molecule has 0 fully saturated rings. The maximum absolute atomic E-state index is 11.7. The Morgan fingerprint density at radius 3 is 2.78 bits per heavy atom. The molecule has 92 valence electrons. The third-order valence-electron chi connectivity index (χ3n) is 2.31. The topological polar surface area (TPSA) is 101 Å². The lowest BCUT2D eigenvalue weighted by Gasteiger charge is -2.03. The average Bonchev–Trinajstić information content (AvgIpc) is 2.86. The molecule has 0 unspecified atom stereocenters. The van der Waals surface area contributed by atoms with Crippen molar-refractivity contribution in [3.8, 4) is 0 Å². The number of aromatic amines is 1. The van der Waals surface area contributed by atoms with Crippen molar-refractivity contribution < 1.29 is 9.72 Å². The van der Waals surface area contributed by atoms with Gasteiger partial charge in [0.2, 0.25) is 5.69 Å². The number of benzene rings is 1. The molecular formula is C11H10N4O3. The van der Waals surface area contributed by atoms with Crippen LogP contribution in [0.25, 0.3) is 0 Å². The number of aromatic nitrogens is 2. The van der Waals surface area contributed by atoms with Gasteiger partial charge in [-0.15, -0.1) is 0 Å². The summed E-state index contributed by atoms with van der Waals surface area (Å²) in [4.78, 5) is 27.6. The van der Waals surface area contributed by atoms with E-state index < -0.39 is 16.6 Å². The van der Waals surface area contributed by atoms with Crippen molar-refractivity contribution >= 4 is 11.7 Å². The highest BCUT2D eigenvalue weighted by atomic mass is 16.6. The van der Waals surface area contributed by atoms with Gasteiger partial charge in [0.05, 0.1) is 0 Å². The molecule has 18 heavy (non-hydrogen) atoms. The molecule has 1 aromatic carbocycles. The van der Waals surface area contributed by atoms with E-state index in [1.54, 1.807) is 0 Å². The van der Waals surface area contributed by atoms with E-state index in [0.29, 0.717) is 6.54 Å². The molecule has 0 aliphatic carbocycles. The number of hydrogen-bond donors (Lipinski definition) is 2. The molecule has 0 spiro atoms. The standard InChI is InChI=1S/C11H10N4O3/c16-11(9-10(15(17)18)14-7-13-9)12-6-8-4-2-1-3-5-8/h1-5,7H,6H2,(H,12,16)(H,13,14). The van der Waals surface area contributed by atoms with Crippen LogP contribution in [0.5, 0.6) is 0 Å². The van der Waals surface area contributed by atoms with Gasteiger partial charge in [-0.3, -0.25) is 4.79 Å². The van der Waals surface area contributed by atoms with Crippen LogP contribution in [0.1, 0.15) is 16.1 Å². The van der Waals surface area contributed by atoms with Crippen LogP contribution < -0.4 is 5.32 Å². The van der Waals surface area contributed by atoms with Crippen LogP contribution in [0.2, 0.25) is 0 Å². The van der Waals surface area contributed by atoms with Gasteiger partial charge < -0.3 is 15.4 Å². The first-order chi connectivity index (χ1) is 8.68. The van der Waals surface area contributed by atoms with Gasteiger partial charge in [0.15, 0.2) is 6.33 Å². The zero-order valence-corrected chi connectivity index (χ0v) is 9.29. The second-order valence-electron chi connectivity index (χ2n) is 3.53. The van der Waals surface area contributed by atoms with Crippen molar-refractivity contribution in [3.05, 3.63) is 58.0 Å². The first-order valence-electron chi connectivity index (χ1n) is 5.18. The van der Waals surface area contributed by atoms with E-state index in [0.717, 1.165) is 11.9 Å². The molecular weight excluding hydrogens is 236 g/mol. The number of nitro groups is 1. The molecule has 0 bridgehead atoms. The fourth-order valence-corrected chi connectivity index (χ4v) is 1.45. The summed E-state index contributed by atoms with van der Waals surface area (Å²) in [6.07, 6.45) is 1.12. The molecule has 0 radical (unpaired) electrons. The summed E-state index contributed by atoms with van der Waals surface area (Å²) >= 11 is 0. The second-order valence-corrected chi connectivity index (χ2v) is 3.53. The molecule has 1 heterocycles. The van der Waals surface area contributed by atoms with Crippen LogP contribution in [0.15, 0.2) is 36.7 Å². The first kappa shape index (κ1) is 11.8. The van der Waals surface area contributed by atoms with E-state index in [9.17, 15) is 14.9 Å². The Hall–Kier alpha value is -2.70. The smallest absolute Gasteiger partial charge is 0.353 e. The molecule has 0 saturated heterocycles. The van der Waals surface area contributed by atoms with Crippen molar-refractivity contribution in [2.45, 2.75) is 6.54 Å². The van der Waals surface area contributed by atoms with Gasteiger partial charge in [-0.2, -0.15) is 0 Å². The average molecular weight is 246 g/mol. The zero-order valence-electron chi connectivity index (χ0n) is 9.29. The molecule has 1 aromatic heterocycles. The van der Waals surface area contributed by atoms with Crippen molar-refractivity contribution in [2.24, 2.45) is 0 Å². The van der Waals surface area contributed by atoms with E-state index in [-0.39, 0.29) is 5.69 Å². The highest BCUT2D eigenvalue weighted by Gasteiger charge is 2.21. The third kappa shape index (κ3) is 2.51. The Balaban J connectivity index is 2.04. The Morgan fingerprint density at radius 2 is 2.11 bits per heavy atom. The van der Waals surface area contributed by atoms with E-state index >= 15 is 0 Å². The number of hydrogen-bond acceptors (Lipinski definition) is 4. The predicted octanol–water partition coefficient (Wildman–Crippen LogP) is 1.25. The Labute approximate surface area is 102 Å². The van der Waals surface area contributed by atoms with Gasteiger partial charge in [-0.25, -0.2) is 9.97 Å². The van der Waals surface area contributed by atoms with E-state index in [1.807, 2.05) is 30.3 Å². The molecule has 2 aromatic rings. The molecule has 7 heteroatoms. The Kier molecular flexibility index (Phi) is 3.33. The van der Waals surface area contributed by atoms with Crippen molar-refractivity contribution in [1.29, 1.82) is 0 Å². The summed E-state index contributed by atoms with van der Waals surface area (Å²) in [5.74, 6) is -0.979. The van der Waals surface area contributed by atoms with E-state index in [2.05, 4.69) is 15.3 Å². The quantitative estimate of drug-likeness (QED) is 0.626. The number of nitrogens with one attached hydrogen (secondary N) is 2. The summed E-state index contributed by atoms with van der Waals surface area (Å²) in [6, 6.07) is 9.25. The number of rotatable bonds is 4. The number of carbonyl (C=O) groups is 1. The number of carbonyl (C=O) groups excluding carboxylic acids is 1. The zero-order chi connectivity index (χ0) is 13.0. The maximum Gasteiger partial charge on any atom is 0.353 e. The lowest BCUT2D eigenvalue weighted by atomic mass is 10.2. The summed E-state index contributed by atoms with van der Waals surface area (Å²) in [7, 11) is 0. The highest BCUT2D eigenvalue weighted by molar-refractivity contribution is 5.95. The van der Waals surface area contributed by atoms with Crippen LogP contribution in [0.3, 0.4) is 0 Å². The van der Waals surface area contributed by atoms with Crippen molar-refractivity contribution in [3.63, 3.8) is 0 Å². The minimum Gasteiger partial charge on any atom is -0.358 e. The van der Waals surface area contributed by atoms with E-state index in [4.69, 9.17) is 0 Å². The summed E-state index contributed by atoms with van der Waals surface area (Å²) in [6.45, 7) is 0.295. The summed E-state index contributed by atoms with van der Waals surface area (Å²) in [5.41, 5.74) is 0.694. The summed E-state index contributed by atoms with van der Waals surface area (Å²) in [5, 5.41) is 13.2. The summed E-state index contributed by atoms with van der Waals surface area (Å²) < 4.78 is 0. The maximum atomic E-state index is 11.7. The SMILES string of the molecule is O=C(NCc1ccccc1)c1nc[nH]c1[N+](=O)[O-]. The van der Waals surface area contributed by atoms with Crippen LogP contribution in [0.4, 0.5) is 5.82 Å². The molecule has 7 nitrogen and oxygen atoms in total. The van der Waals surface area contributed by atoms with Gasteiger partial charge in [0.25, 0.3) is 5.91 Å². The second kappa shape index (κ2) is 5.09. The molecule has 0 atom stereocenters. The van der Waals surface area contributed by atoms with E-state index in [1.165, 1.54) is 0 Å². The fraction of sp³-hybridized carbons (Fsp3) is 0.0909. The number of imidazole rings is 1. The lowest BCUT2D eigenvalue weighted by molar-refractivity contribution is -0.389. The minimum absolute atomic E-state index is 0.212. The molecule has 0 aliphatic rings. The fourth-order valence-electron chi connectivity index (χ4n) is 1.45. The van der Waals surface area contributed by atoms with Gasteiger partial charge in [0.1, 0.15) is 0 Å². The highest BCUT2D eigenvalue weighted by Crippen LogP contribution is 2.11. The predicted molar refractivity (Wildman–Crippen MR) is 62.9 cm³/mol. The van der Waals surface area contributed by atoms with Gasteiger partial charge >= 0.3 is 5.82 Å². The van der Waals surface area contributed by atoms with Crippen LogP contribution in [-0.2, 0) is 6.54 Å². The molecule has 0 saturated carbocycles. The van der Waals surface area contributed by atoms with Crippen molar-refractivity contribution in [2.75, 3.05) is 0 Å². The monoisotopic (exact) mass is 246 g/mol. The van der Waals surface area contributed by atoms with Crippen LogP contribution in [0, 0.1) is 10.1 Å². The Morgan fingerprint density at radius 1 is 1.39 bits per heavy atom. The van der Waals surface area contributed by atoms with Gasteiger partial charge in [-0.05, 0) is 10.5 Å². The minimum atomic E-state index is -0.676. The molecule has 2 N–H and O–H groups in total. The van der Waals surface area contributed by atoms with Crippen LogP contribution >= 0.6 is 0 Å². The molecule has 2 rings (SSSR count). The molecule has 0 aliphatic heterocycles. The number of nitrogens with zero attached hydrogens (tertiary/aromatic N) is 2.